The molecule has 11 nitrogen and oxygen atoms in total. The molecule has 1 aromatic rings. The number of hydrogen-bond donors (Lipinski definition) is 2. The quantitative estimate of drug-likeness (QED) is 0.589. The Hall–Kier alpha value is -2.58. The third kappa shape index (κ3) is 4.44. The van der Waals surface area contributed by atoms with Crippen molar-refractivity contribution in [1.82, 2.24) is 30.6 Å². The average molecular weight is 322 g/mol. The summed E-state index contributed by atoms with van der Waals surface area (Å²) in [4.78, 5) is 30.1. The number of nitriles is 1. The lowest BCUT2D eigenvalue weighted by atomic mass is 9.98. The van der Waals surface area contributed by atoms with Gasteiger partial charge in [0.25, 0.3) is 0 Å². The van der Waals surface area contributed by atoms with Crippen molar-refractivity contribution in [3.63, 3.8) is 0 Å². The van der Waals surface area contributed by atoms with Crippen LogP contribution in [0.3, 0.4) is 0 Å². The zero-order valence-electron chi connectivity index (χ0n) is 12.7. The number of likely N-dealkylation sites (tertiary alicyclic amines) is 1. The van der Waals surface area contributed by atoms with Crippen LogP contribution in [0.25, 0.3) is 0 Å². The summed E-state index contributed by atoms with van der Waals surface area (Å²) in [7, 11) is 0. The van der Waals surface area contributed by atoms with Gasteiger partial charge in [-0.25, -0.2) is 5.06 Å². The topological polar surface area (TPSA) is 154 Å². The van der Waals surface area contributed by atoms with Crippen LogP contribution in [0.2, 0.25) is 0 Å². The highest BCUT2D eigenvalue weighted by molar-refractivity contribution is 5.76. The standard InChI is InChI=1S/C12H18N8O3/c1-8(21)20(23-7-12-15-17-18-16-12)10-3-2-9(4-13)19(5-10)6-11(14)22/h9-10H,2-3,5-7H2,1H3,(H2,14,22)(H,15,16,17,18)/t9-,10+/m0/s1. The van der Waals surface area contributed by atoms with Gasteiger partial charge in [-0.3, -0.25) is 19.3 Å². The Morgan fingerprint density at radius 1 is 1.57 bits per heavy atom. The van der Waals surface area contributed by atoms with E-state index in [9.17, 15) is 9.59 Å². The minimum atomic E-state index is -0.520. The number of H-pyrrole nitrogens is 1. The number of carbonyl (C=O) groups is 2. The summed E-state index contributed by atoms with van der Waals surface area (Å²) in [6, 6.07) is 1.46. The van der Waals surface area contributed by atoms with Gasteiger partial charge in [0.1, 0.15) is 6.61 Å². The molecule has 0 spiro atoms. The van der Waals surface area contributed by atoms with Crippen molar-refractivity contribution in [3.8, 4) is 6.07 Å². The molecular formula is C12H18N8O3. The molecule has 0 saturated carbocycles. The van der Waals surface area contributed by atoms with Gasteiger partial charge < -0.3 is 5.73 Å². The van der Waals surface area contributed by atoms with Crippen LogP contribution >= 0.6 is 0 Å². The van der Waals surface area contributed by atoms with Gasteiger partial charge in [0.2, 0.25) is 17.6 Å². The Bertz CT molecular complexity index is 584. The van der Waals surface area contributed by atoms with Crippen LogP contribution in [-0.2, 0) is 21.0 Å². The summed E-state index contributed by atoms with van der Waals surface area (Å²) in [6.07, 6.45) is 1.10. The second kappa shape index (κ2) is 7.61. The first-order valence-corrected chi connectivity index (χ1v) is 7.08. The molecule has 2 amide bonds. The molecule has 1 saturated heterocycles. The van der Waals surface area contributed by atoms with Crippen molar-refractivity contribution in [2.24, 2.45) is 5.73 Å². The number of aromatic amines is 1. The van der Waals surface area contributed by atoms with Gasteiger partial charge in [-0.1, -0.05) is 5.21 Å². The highest BCUT2D eigenvalue weighted by Crippen LogP contribution is 2.21. The van der Waals surface area contributed by atoms with Gasteiger partial charge in [0.15, 0.2) is 0 Å². The summed E-state index contributed by atoms with van der Waals surface area (Å²) in [5, 5.41) is 23.6. The van der Waals surface area contributed by atoms with E-state index in [0.29, 0.717) is 25.2 Å². The lowest BCUT2D eigenvalue weighted by molar-refractivity contribution is -0.210. The molecule has 2 heterocycles. The number of carbonyl (C=O) groups excluding carboxylic acids is 2. The fourth-order valence-electron chi connectivity index (χ4n) is 2.56. The lowest BCUT2D eigenvalue weighted by Crippen LogP contribution is -2.54. The predicted molar refractivity (Wildman–Crippen MR) is 74.7 cm³/mol. The Labute approximate surface area is 132 Å². The van der Waals surface area contributed by atoms with Gasteiger partial charge in [-0.15, -0.1) is 10.2 Å². The van der Waals surface area contributed by atoms with Crippen molar-refractivity contribution < 1.29 is 14.4 Å². The van der Waals surface area contributed by atoms with E-state index in [2.05, 4.69) is 26.7 Å². The van der Waals surface area contributed by atoms with Crippen LogP contribution in [0.15, 0.2) is 0 Å². The van der Waals surface area contributed by atoms with Gasteiger partial charge >= 0.3 is 0 Å². The number of rotatable bonds is 6. The van der Waals surface area contributed by atoms with E-state index in [1.165, 1.54) is 12.0 Å². The number of amides is 2. The second-order valence-corrected chi connectivity index (χ2v) is 5.22. The molecule has 1 fully saturated rings. The monoisotopic (exact) mass is 322 g/mol. The summed E-state index contributed by atoms with van der Waals surface area (Å²) in [5.74, 6) is -0.489. The lowest BCUT2D eigenvalue weighted by Gasteiger charge is -2.39. The van der Waals surface area contributed by atoms with Crippen molar-refractivity contribution in [2.75, 3.05) is 13.1 Å². The summed E-state index contributed by atoms with van der Waals surface area (Å²) >= 11 is 0. The summed E-state index contributed by atoms with van der Waals surface area (Å²) < 4.78 is 0. The van der Waals surface area contributed by atoms with E-state index < -0.39 is 11.9 Å². The number of hydrogen-bond acceptors (Lipinski definition) is 8. The number of primary amides is 1. The maximum absolute atomic E-state index is 11.8. The van der Waals surface area contributed by atoms with Crippen LogP contribution < -0.4 is 5.73 Å². The summed E-state index contributed by atoms with van der Waals surface area (Å²) in [5.41, 5.74) is 5.22. The minimum Gasteiger partial charge on any atom is -0.369 e. The molecule has 2 atom stereocenters. The van der Waals surface area contributed by atoms with E-state index >= 15 is 0 Å². The second-order valence-electron chi connectivity index (χ2n) is 5.22. The molecule has 0 radical (unpaired) electrons. The number of nitrogens with one attached hydrogen (secondary N) is 1. The van der Waals surface area contributed by atoms with Crippen molar-refractivity contribution in [1.29, 1.82) is 5.26 Å². The molecule has 0 aliphatic carbocycles. The zero-order valence-corrected chi connectivity index (χ0v) is 12.7. The first-order valence-electron chi connectivity index (χ1n) is 7.08. The SMILES string of the molecule is CC(=O)N(OCc1nn[nH]n1)[C@@H]1CC[C@@H](C#N)N(CC(N)=O)C1. The van der Waals surface area contributed by atoms with Crippen molar-refractivity contribution in [2.45, 2.75) is 38.5 Å². The fraction of sp³-hybridized carbons (Fsp3) is 0.667. The zero-order chi connectivity index (χ0) is 16.8. The van der Waals surface area contributed by atoms with E-state index in [4.69, 9.17) is 15.8 Å². The third-order valence-electron chi connectivity index (χ3n) is 3.53. The molecule has 2 rings (SSSR count). The van der Waals surface area contributed by atoms with Gasteiger partial charge in [-0.2, -0.15) is 10.5 Å². The van der Waals surface area contributed by atoms with Gasteiger partial charge in [0.05, 0.1) is 24.7 Å². The number of hydroxylamine groups is 2. The fourth-order valence-corrected chi connectivity index (χ4v) is 2.56. The molecule has 0 unspecified atom stereocenters. The molecule has 11 heteroatoms. The normalized spacial score (nSPS) is 21.6. The maximum Gasteiger partial charge on any atom is 0.243 e. The Balaban J connectivity index is 2.02. The number of aromatic nitrogens is 4. The van der Waals surface area contributed by atoms with Gasteiger partial charge in [-0.05, 0) is 12.8 Å². The largest absolute Gasteiger partial charge is 0.369 e. The van der Waals surface area contributed by atoms with E-state index in [1.807, 2.05) is 0 Å². The van der Waals surface area contributed by atoms with Crippen LogP contribution in [0.5, 0.6) is 0 Å². The van der Waals surface area contributed by atoms with Crippen LogP contribution in [0.1, 0.15) is 25.6 Å². The molecule has 1 aliphatic rings. The molecule has 23 heavy (non-hydrogen) atoms. The number of tetrazole rings is 1. The first kappa shape index (κ1) is 16.8. The van der Waals surface area contributed by atoms with E-state index in [1.54, 1.807) is 4.90 Å². The molecule has 124 valence electrons. The Morgan fingerprint density at radius 3 is 2.91 bits per heavy atom. The average Bonchev–Trinajstić information content (AvgIpc) is 3.00. The highest BCUT2D eigenvalue weighted by atomic mass is 16.7. The predicted octanol–water partition coefficient (Wildman–Crippen LogP) is -1.68. The van der Waals surface area contributed by atoms with Crippen LogP contribution in [-0.4, -0.2) is 67.6 Å². The van der Waals surface area contributed by atoms with Crippen molar-refractivity contribution >= 4 is 11.8 Å². The van der Waals surface area contributed by atoms with E-state index in [0.717, 1.165) is 0 Å². The molecule has 0 bridgehead atoms. The molecular weight excluding hydrogens is 304 g/mol. The Kier molecular flexibility index (Phi) is 5.56. The molecule has 3 N–H and O–H groups in total. The molecule has 1 aromatic heterocycles. The maximum atomic E-state index is 11.8. The van der Waals surface area contributed by atoms with E-state index in [-0.39, 0.29) is 25.1 Å². The number of nitrogens with zero attached hydrogens (tertiary/aromatic N) is 6. The van der Waals surface area contributed by atoms with Crippen LogP contribution in [0, 0.1) is 11.3 Å². The highest BCUT2D eigenvalue weighted by Gasteiger charge is 2.34. The smallest absolute Gasteiger partial charge is 0.243 e. The number of piperidine rings is 1. The Morgan fingerprint density at radius 2 is 2.35 bits per heavy atom. The van der Waals surface area contributed by atoms with Crippen LogP contribution in [0.4, 0.5) is 0 Å². The minimum absolute atomic E-state index is 0.00984. The first-order chi connectivity index (χ1) is 11.0. The molecule has 1 aliphatic heterocycles. The number of nitrogens with two attached hydrogens (primary N) is 1. The van der Waals surface area contributed by atoms with Gasteiger partial charge in [0, 0.05) is 13.5 Å². The van der Waals surface area contributed by atoms with Crippen molar-refractivity contribution in [3.05, 3.63) is 5.82 Å². The molecule has 0 aromatic carbocycles. The third-order valence-corrected chi connectivity index (χ3v) is 3.53. The summed E-state index contributed by atoms with van der Waals surface area (Å²) in [6.45, 7) is 1.66.